The molecule has 0 aliphatic carbocycles. The first kappa shape index (κ1) is 9.86. The van der Waals surface area contributed by atoms with E-state index >= 15 is 0 Å². The second kappa shape index (κ2) is 4.23. The second-order valence-electron chi connectivity index (χ2n) is 3.00. The largest absolute Gasteiger partial charge is 0.295 e. The SMILES string of the molecule is O=c1ccncn1Cc1cccnc1Cl. The topological polar surface area (TPSA) is 47.8 Å². The maximum absolute atomic E-state index is 11.4. The van der Waals surface area contributed by atoms with Crippen LogP contribution in [-0.4, -0.2) is 14.5 Å². The Balaban J connectivity index is 2.34. The zero-order valence-electron chi connectivity index (χ0n) is 7.80. The van der Waals surface area contributed by atoms with Crippen molar-refractivity contribution in [3.05, 3.63) is 58.0 Å². The van der Waals surface area contributed by atoms with E-state index in [1.165, 1.54) is 23.2 Å². The minimum atomic E-state index is -0.107. The fourth-order valence-electron chi connectivity index (χ4n) is 1.22. The Morgan fingerprint density at radius 3 is 2.93 bits per heavy atom. The summed E-state index contributed by atoms with van der Waals surface area (Å²) in [6, 6.07) is 5.02. The number of hydrogen-bond acceptors (Lipinski definition) is 3. The van der Waals surface area contributed by atoms with Gasteiger partial charge in [0.2, 0.25) is 0 Å². The van der Waals surface area contributed by atoms with Gasteiger partial charge in [0.25, 0.3) is 5.56 Å². The molecular formula is C10H8ClN3O. The molecule has 0 radical (unpaired) electrons. The Bertz CT molecular complexity index is 524. The van der Waals surface area contributed by atoms with Crippen LogP contribution >= 0.6 is 11.6 Å². The number of halogens is 1. The van der Waals surface area contributed by atoms with Crippen molar-refractivity contribution < 1.29 is 0 Å². The Morgan fingerprint density at radius 2 is 2.20 bits per heavy atom. The smallest absolute Gasteiger partial charge is 0.253 e. The van der Waals surface area contributed by atoms with Crippen LogP contribution in [0.1, 0.15) is 5.56 Å². The minimum absolute atomic E-state index is 0.107. The lowest BCUT2D eigenvalue weighted by Gasteiger charge is -2.04. The van der Waals surface area contributed by atoms with Crippen molar-refractivity contribution in [1.29, 1.82) is 0 Å². The zero-order chi connectivity index (χ0) is 10.7. The summed E-state index contributed by atoms with van der Waals surface area (Å²) < 4.78 is 1.48. The number of rotatable bonds is 2. The van der Waals surface area contributed by atoms with Gasteiger partial charge in [-0.15, -0.1) is 0 Å². The monoisotopic (exact) mass is 221 g/mol. The highest BCUT2D eigenvalue weighted by Gasteiger charge is 2.02. The van der Waals surface area contributed by atoms with E-state index in [2.05, 4.69) is 9.97 Å². The Hall–Kier alpha value is -1.68. The van der Waals surface area contributed by atoms with Gasteiger partial charge in [-0.25, -0.2) is 9.97 Å². The summed E-state index contributed by atoms with van der Waals surface area (Å²) in [7, 11) is 0. The van der Waals surface area contributed by atoms with Gasteiger partial charge in [-0.05, 0) is 6.07 Å². The molecule has 0 aromatic carbocycles. The molecule has 2 heterocycles. The van der Waals surface area contributed by atoms with Crippen LogP contribution in [0.4, 0.5) is 0 Å². The maximum Gasteiger partial charge on any atom is 0.253 e. The Labute approximate surface area is 91.2 Å². The third-order valence-corrected chi connectivity index (χ3v) is 2.31. The average molecular weight is 222 g/mol. The maximum atomic E-state index is 11.4. The third-order valence-electron chi connectivity index (χ3n) is 1.97. The summed E-state index contributed by atoms with van der Waals surface area (Å²) >= 11 is 5.88. The van der Waals surface area contributed by atoms with Crippen molar-refractivity contribution in [1.82, 2.24) is 14.5 Å². The summed E-state index contributed by atoms with van der Waals surface area (Å²) in [5.41, 5.74) is 0.694. The molecule has 0 fully saturated rings. The van der Waals surface area contributed by atoms with Crippen LogP contribution in [0.3, 0.4) is 0 Å². The van der Waals surface area contributed by atoms with Crippen LogP contribution in [0.2, 0.25) is 5.15 Å². The molecule has 4 nitrogen and oxygen atoms in total. The molecule has 0 bridgehead atoms. The van der Waals surface area contributed by atoms with E-state index in [1.54, 1.807) is 12.3 Å². The van der Waals surface area contributed by atoms with Gasteiger partial charge in [-0.1, -0.05) is 17.7 Å². The normalized spacial score (nSPS) is 10.2. The van der Waals surface area contributed by atoms with Gasteiger partial charge in [0.1, 0.15) is 5.15 Å². The standard InChI is InChI=1S/C10H8ClN3O/c11-10-8(2-1-4-13-10)6-14-7-12-5-3-9(14)15/h1-5,7H,6H2. The fourth-order valence-corrected chi connectivity index (χ4v) is 1.40. The van der Waals surface area contributed by atoms with Crippen molar-refractivity contribution >= 4 is 11.6 Å². The van der Waals surface area contributed by atoms with Gasteiger partial charge in [0.15, 0.2) is 0 Å². The van der Waals surface area contributed by atoms with Gasteiger partial charge < -0.3 is 0 Å². The lowest BCUT2D eigenvalue weighted by molar-refractivity contribution is 0.733. The number of pyridine rings is 1. The van der Waals surface area contributed by atoms with E-state index in [0.29, 0.717) is 11.7 Å². The van der Waals surface area contributed by atoms with E-state index in [0.717, 1.165) is 5.56 Å². The molecule has 2 aromatic heterocycles. The molecule has 0 spiro atoms. The molecule has 15 heavy (non-hydrogen) atoms. The number of aromatic nitrogens is 3. The molecule has 0 atom stereocenters. The molecule has 5 heteroatoms. The second-order valence-corrected chi connectivity index (χ2v) is 3.36. The van der Waals surface area contributed by atoms with E-state index in [9.17, 15) is 4.79 Å². The van der Waals surface area contributed by atoms with E-state index in [4.69, 9.17) is 11.6 Å². The van der Waals surface area contributed by atoms with E-state index in [-0.39, 0.29) is 5.56 Å². The molecular weight excluding hydrogens is 214 g/mol. The summed E-state index contributed by atoms with van der Waals surface area (Å²) in [5, 5.41) is 0.410. The first-order valence-electron chi connectivity index (χ1n) is 4.37. The molecule has 0 saturated heterocycles. The molecule has 2 aromatic rings. The molecule has 2 rings (SSSR count). The zero-order valence-corrected chi connectivity index (χ0v) is 8.55. The molecule has 76 valence electrons. The van der Waals surface area contributed by atoms with Gasteiger partial charge >= 0.3 is 0 Å². The third kappa shape index (κ3) is 2.22. The summed E-state index contributed by atoms with van der Waals surface area (Å²) in [6.45, 7) is 0.388. The van der Waals surface area contributed by atoms with Crippen LogP contribution < -0.4 is 5.56 Å². The molecule has 0 N–H and O–H groups in total. The highest BCUT2D eigenvalue weighted by Crippen LogP contribution is 2.11. The lowest BCUT2D eigenvalue weighted by atomic mass is 10.3. The summed E-state index contributed by atoms with van der Waals surface area (Å²) in [6.07, 6.45) is 4.55. The predicted octanol–water partition coefficient (Wildman–Crippen LogP) is 1.34. The summed E-state index contributed by atoms with van der Waals surface area (Å²) in [5.74, 6) is 0. The van der Waals surface area contributed by atoms with Crippen LogP contribution in [0.5, 0.6) is 0 Å². The van der Waals surface area contributed by atoms with E-state index < -0.39 is 0 Å². The highest BCUT2D eigenvalue weighted by molar-refractivity contribution is 6.30. The Morgan fingerprint density at radius 1 is 1.33 bits per heavy atom. The summed E-state index contributed by atoms with van der Waals surface area (Å²) in [4.78, 5) is 19.2. The minimum Gasteiger partial charge on any atom is -0.295 e. The molecule has 0 aliphatic heterocycles. The number of nitrogens with zero attached hydrogens (tertiary/aromatic N) is 3. The highest BCUT2D eigenvalue weighted by atomic mass is 35.5. The first-order chi connectivity index (χ1) is 7.27. The van der Waals surface area contributed by atoms with Gasteiger partial charge in [0, 0.05) is 24.0 Å². The van der Waals surface area contributed by atoms with Gasteiger partial charge in [-0.2, -0.15) is 0 Å². The van der Waals surface area contributed by atoms with Crippen LogP contribution in [0.15, 0.2) is 41.7 Å². The van der Waals surface area contributed by atoms with Crippen LogP contribution in [0, 0.1) is 0 Å². The molecule has 0 aliphatic rings. The van der Waals surface area contributed by atoms with Crippen molar-refractivity contribution in [2.75, 3.05) is 0 Å². The first-order valence-corrected chi connectivity index (χ1v) is 4.75. The quantitative estimate of drug-likeness (QED) is 0.719. The van der Waals surface area contributed by atoms with Crippen LogP contribution in [0.25, 0.3) is 0 Å². The molecule has 0 unspecified atom stereocenters. The van der Waals surface area contributed by atoms with Crippen molar-refractivity contribution in [2.24, 2.45) is 0 Å². The fraction of sp³-hybridized carbons (Fsp3) is 0.100. The lowest BCUT2D eigenvalue weighted by Crippen LogP contribution is -2.19. The molecule has 0 amide bonds. The van der Waals surface area contributed by atoms with Crippen molar-refractivity contribution in [3.8, 4) is 0 Å². The Kier molecular flexibility index (Phi) is 2.78. The van der Waals surface area contributed by atoms with Gasteiger partial charge in [-0.3, -0.25) is 9.36 Å². The average Bonchev–Trinajstić information content (AvgIpc) is 2.24. The molecule has 0 saturated carbocycles. The van der Waals surface area contributed by atoms with Crippen molar-refractivity contribution in [3.63, 3.8) is 0 Å². The van der Waals surface area contributed by atoms with Gasteiger partial charge in [0.05, 0.1) is 12.9 Å². The van der Waals surface area contributed by atoms with Crippen molar-refractivity contribution in [2.45, 2.75) is 6.54 Å². The van der Waals surface area contributed by atoms with Crippen LogP contribution in [-0.2, 0) is 6.54 Å². The number of hydrogen-bond donors (Lipinski definition) is 0. The predicted molar refractivity (Wildman–Crippen MR) is 56.8 cm³/mol. The van der Waals surface area contributed by atoms with E-state index in [1.807, 2.05) is 6.07 Å².